The third-order valence-electron chi connectivity index (χ3n) is 4.14. The van der Waals surface area contributed by atoms with E-state index in [1.165, 1.54) is 32.1 Å². The number of nitrogens with zero attached hydrogens (tertiary/aromatic N) is 1. The van der Waals surface area contributed by atoms with E-state index in [1.807, 2.05) is 0 Å². The molecular weight excluding hydrogens is 201 g/mol. The maximum Gasteiger partial charge on any atom is 0.330 e. The zero-order valence-electron chi connectivity index (χ0n) is 9.11. The van der Waals surface area contributed by atoms with E-state index in [0.29, 0.717) is 11.8 Å². The van der Waals surface area contributed by atoms with Crippen LogP contribution in [0.1, 0.15) is 12.8 Å². The molecule has 0 radical (unpaired) electrons. The highest BCUT2D eigenvalue weighted by Crippen LogP contribution is 2.46. The lowest BCUT2D eigenvalue weighted by molar-refractivity contribution is -0.135. The van der Waals surface area contributed by atoms with E-state index in [9.17, 15) is 4.79 Å². The molecule has 3 aliphatic heterocycles. The molecule has 3 nitrogen and oxygen atoms in total. The van der Waals surface area contributed by atoms with Crippen molar-refractivity contribution in [1.29, 1.82) is 0 Å². The maximum atomic E-state index is 11.3. The number of carbonyl (C=O) groups excluding carboxylic acids is 1. The zero-order valence-corrected chi connectivity index (χ0v) is 9.11. The molecule has 4 fully saturated rings. The van der Waals surface area contributed by atoms with Gasteiger partial charge in [-0.3, -0.25) is 0 Å². The molecule has 16 heavy (non-hydrogen) atoms. The molecule has 3 saturated heterocycles. The first-order valence-electron chi connectivity index (χ1n) is 5.78. The summed E-state index contributed by atoms with van der Waals surface area (Å²) in [6, 6.07) is 0. The first-order valence-corrected chi connectivity index (χ1v) is 5.78. The molecule has 2 unspecified atom stereocenters. The Morgan fingerprint density at radius 2 is 1.94 bits per heavy atom. The number of ether oxygens (including phenoxy) is 1. The molecule has 4 aliphatic rings. The molecular formula is C12H20BNO2. The predicted molar refractivity (Wildman–Crippen MR) is 66.2 cm³/mol. The minimum Gasteiger partial charge on any atom is -0.466 e. The van der Waals surface area contributed by atoms with Crippen LogP contribution >= 0.6 is 0 Å². The Morgan fingerprint density at radius 3 is 2.44 bits per heavy atom. The molecule has 0 aromatic rings. The SMILES string of the molecule is B.COC(=O)C=C1C2CC3CC1CN(C3)C2. The molecule has 0 aromatic carbocycles. The lowest BCUT2D eigenvalue weighted by Gasteiger charge is -2.53. The van der Waals surface area contributed by atoms with Crippen molar-refractivity contribution in [2.24, 2.45) is 17.8 Å². The molecule has 1 aliphatic carbocycles. The maximum absolute atomic E-state index is 11.3. The van der Waals surface area contributed by atoms with Gasteiger partial charge in [-0.15, -0.1) is 0 Å². The lowest BCUT2D eigenvalue weighted by Crippen LogP contribution is -2.54. The Labute approximate surface area is 98.4 Å². The van der Waals surface area contributed by atoms with Crippen molar-refractivity contribution in [3.8, 4) is 0 Å². The van der Waals surface area contributed by atoms with Crippen LogP contribution in [0.3, 0.4) is 0 Å². The van der Waals surface area contributed by atoms with Crippen LogP contribution in [0.2, 0.25) is 0 Å². The summed E-state index contributed by atoms with van der Waals surface area (Å²) in [5, 5.41) is 0. The van der Waals surface area contributed by atoms with Crippen LogP contribution in [-0.2, 0) is 9.53 Å². The summed E-state index contributed by atoms with van der Waals surface area (Å²) < 4.78 is 4.73. The van der Waals surface area contributed by atoms with Gasteiger partial charge in [-0.2, -0.15) is 0 Å². The summed E-state index contributed by atoms with van der Waals surface area (Å²) >= 11 is 0. The van der Waals surface area contributed by atoms with Gasteiger partial charge in [0, 0.05) is 25.7 Å². The van der Waals surface area contributed by atoms with E-state index in [2.05, 4.69) is 4.90 Å². The Kier molecular flexibility index (Phi) is 3.11. The van der Waals surface area contributed by atoms with Crippen molar-refractivity contribution in [2.45, 2.75) is 12.8 Å². The van der Waals surface area contributed by atoms with Crippen LogP contribution in [0, 0.1) is 17.8 Å². The van der Waals surface area contributed by atoms with Gasteiger partial charge in [-0.05, 0) is 30.6 Å². The Bertz CT molecular complexity index is 297. The van der Waals surface area contributed by atoms with Crippen molar-refractivity contribution in [3.63, 3.8) is 0 Å². The van der Waals surface area contributed by atoms with Crippen molar-refractivity contribution < 1.29 is 9.53 Å². The first kappa shape index (κ1) is 11.7. The van der Waals surface area contributed by atoms with Crippen molar-refractivity contribution in [1.82, 2.24) is 4.90 Å². The van der Waals surface area contributed by atoms with E-state index >= 15 is 0 Å². The number of hydrogen-bond acceptors (Lipinski definition) is 3. The Balaban J connectivity index is 0.000000963. The molecule has 0 N–H and O–H groups in total. The van der Waals surface area contributed by atoms with Crippen molar-refractivity contribution >= 4 is 14.4 Å². The smallest absolute Gasteiger partial charge is 0.330 e. The minimum atomic E-state index is -0.174. The fraction of sp³-hybridized carbons (Fsp3) is 0.750. The van der Waals surface area contributed by atoms with E-state index in [-0.39, 0.29) is 14.4 Å². The van der Waals surface area contributed by atoms with Crippen LogP contribution in [0.25, 0.3) is 0 Å². The second-order valence-electron chi connectivity index (χ2n) is 5.12. The standard InChI is InChI=1S/C12H17NO2.BH3/c1-15-12(14)4-11-9-2-8-3-10(11)7-13(5-8)6-9;/h4,8-10H,2-3,5-7H2,1H3;1H3. The highest BCUT2D eigenvalue weighted by Gasteiger charge is 2.44. The summed E-state index contributed by atoms with van der Waals surface area (Å²) in [6.45, 7) is 3.62. The van der Waals surface area contributed by atoms with Crippen LogP contribution in [0.5, 0.6) is 0 Å². The van der Waals surface area contributed by atoms with E-state index in [0.717, 1.165) is 19.0 Å². The molecule has 88 valence electrons. The molecule has 0 spiro atoms. The molecule has 4 bridgehead atoms. The normalized spacial score (nSPS) is 39.2. The largest absolute Gasteiger partial charge is 0.466 e. The molecule has 3 heterocycles. The zero-order chi connectivity index (χ0) is 10.4. The predicted octanol–water partition coefficient (Wildman–Crippen LogP) is -0.127. The van der Waals surface area contributed by atoms with E-state index in [1.54, 1.807) is 6.08 Å². The van der Waals surface area contributed by atoms with E-state index in [4.69, 9.17) is 4.74 Å². The number of piperidine rings is 3. The van der Waals surface area contributed by atoms with Gasteiger partial charge in [0.05, 0.1) is 15.5 Å². The van der Waals surface area contributed by atoms with Crippen molar-refractivity contribution in [2.75, 3.05) is 26.7 Å². The molecule has 4 heteroatoms. The Morgan fingerprint density at radius 1 is 1.31 bits per heavy atom. The van der Waals surface area contributed by atoms with Gasteiger partial charge < -0.3 is 9.64 Å². The number of esters is 1. The summed E-state index contributed by atoms with van der Waals surface area (Å²) in [4.78, 5) is 13.8. The second kappa shape index (κ2) is 4.25. The number of methoxy groups -OCH3 is 1. The Hall–Kier alpha value is -0.765. The van der Waals surface area contributed by atoms with Gasteiger partial charge >= 0.3 is 5.97 Å². The van der Waals surface area contributed by atoms with Gasteiger partial charge in [0.25, 0.3) is 0 Å². The average molecular weight is 221 g/mol. The van der Waals surface area contributed by atoms with Gasteiger partial charge in [0.1, 0.15) is 0 Å². The van der Waals surface area contributed by atoms with Crippen molar-refractivity contribution in [3.05, 3.63) is 11.6 Å². The summed E-state index contributed by atoms with van der Waals surface area (Å²) in [5.74, 6) is 1.98. The molecule has 2 atom stereocenters. The number of rotatable bonds is 1. The topological polar surface area (TPSA) is 29.5 Å². The molecule has 4 rings (SSSR count). The fourth-order valence-corrected chi connectivity index (χ4v) is 3.66. The lowest BCUT2D eigenvalue weighted by atomic mass is 9.65. The summed E-state index contributed by atoms with van der Waals surface area (Å²) in [5.41, 5.74) is 1.37. The number of hydrogen-bond donors (Lipinski definition) is 0. The average Bonchev–Trinajstić information content (AvgIpc) is 2.22. The quantitative estimate of drug-likeness (QED) is 0.351. The van der Waals surface area contributed by atoms with E-state index < -0.39 is 0 Å². The van der Waals surface area contributed by atoms with Gasteiger partial charge in [0.15, 0.2) is 0 Å². The third kappa shape index (κ3) is 1.79. The molecule has 0 aromatic heterocycles. The third-order valence-corrected chi connectivity index (χ3v) is 4.14. The van der Waals surface area contributed by atoms with Crippen LogP contribution in [0.4, 0.5) is 0 Å². The minimum absolute atomic E-state index is 0. The summed E-state index contributed by atoms with van der Waals surface area (Å²) in [6.07, 6.45) is 4.33. The van der Waals surface area contributed by atoms with Crippen LogP contribution in [-0.4, -0.2) is 46.0 Å². The molecule has 1 saturated carbocycles. The van der Waals surface area contributed by atoms with Gasteiger partial charge in [-0.25, -0.2) is 4.79 Å². The van der Waals surface area contributed by atoms with Gasteiger partial charge in [0.2, 0.25) is 0 Å². The van der Waals surface area contributed by atoms with Crippen LogP contribution < -0.4 is 0 Å². The fourth-order valence-electron chi connectivity index (χ4n) is 3.66. The number of carbonyl (C=O) groups is 1. The molecule has 0 amide bonds. The summed E-state index contributed by atoms with van der Waals surface area (Å²) in [7, 11) is 1.46. The monoisotopic (exact) mass is 221 g/mol. The highest BCUT2D eigenvalue weighted by molar-refractivity contribution is 5.83. The second-order valence-corrected chi connectivity index (χ2v) is 5.12. The van der Waals surface area contributed by atoms with Crippen LogP contribution in [0.15, 0.2) is 11.6 Å². The van der Waals surface area contributed by atoms with Gasteiger partial charge in [-0.1, -0.05) is 5.57 Å². The highest BCUT2D eigenvalue weighted by atomic mass is 16.5. The first-order chi connectivity index (χ1) is 7.26.